The zero-order valence-corrected chi connectivity index (χ0v) is 54.6. The van der Waals surface area contributed by atoms with E-state index in [9.17, 15) is 116 Å². The van der Waals surface area contributed by atoms with Crippen molar-refractivity contribution < 1.29 is 163 Å². The zero-order chi connectivity index (χ0) is 72.2. The summed E-state index contributed by atoms with van der Waals surface area (Å²) in [6.07, 6.45) is -35.4. The van der Waals surface area contributed by atoms with Gasteiger partial charge < -0.3 is 161 Å². The van der Waals surface area contributed by atoms with E-state index in [1.165, 1.54) is 51.0 Å². The van der Waals surface area contributed by atoms with E-state index in [1.807, 2.05) is 0 Å². The van der Waals surface area contributed by atoms with Crippen LogP contribution in [0.3, 0.4) is 0 Å². The Labute approximate surface area is 559 Å². The van der Waals surface area contributed by atoms with Crippen LogP contribution in [0.25, 0.3) is 0 Å². The fourth-order valence-electron chi connectivity index (χ4n) is 12.4. The molecule has 0 spiro atoms. The number of amides is 3. The minimum Gasteiger partial charge on any atom is -0.477 e. The Morgan fingerprint density at radius 2 is 1.02 bits per heavy atom. The third-order valence-electron chi connectivity index (χ3n) is 17.7. The molecule has 37 heteroatoms. The number of ether oxygens (including phenoxy) is 10. The van der Waals surface area contributed by atoms with Gasteiger partial charge in [0.25, 0.3) is 11.6 Å². The minimum atomic E-state index is -3.56. The van der Waals surface area contributed by atoms with E-state index in [0.717, 1.165) is 46.5 Å². The van der Waals surface area contributed by atoms with Crippen molar-refractivity contribution in [2.75, 3.05) is 39.6 Å². The highest BCUT2D eigenvalue weighted by Crippen LogP contribution is 2.42. The smallest absolute Gasteiger partial charge is 0.364 e. The molecule has 5 rings (SSSR count). The van der Waals surface area contributed by atoms with Crippen LogP contribution in [-0.2, 0) is 71.3 Å². The van der Waals surface area contributed by atoms with E-state index in [2.05, 4.69) is 22.9 Å². The quantitative estimate of drug-likeness (QED) is 0.0201. The van der Waals surface area contributed by atoms with E-state index in [4.69, 9.17) is 53.1 Å². The molecule has 0 aliphatic carbocycles. The van der Waals surface area contributed by atoms with Crippen LogP contribution < -0.4 is 21.7 Å². The summed E-state index contributed by atoms with van der Waals surface area (Å²) in [5.74, 6) is -14.1. The number of hydrogen-bond acceptors (Lipinski definition) is 32. The van der Waals surface area contributed by atoms with Gasteiger partial charge in [0.2, 0.25) is 17.7 Å². The molecule has 11 unspecified atom stereocenters. The number of carbonyl (C=O) groups excluding carboxylic acids is 3. The highest BCUT2D eigenvalue weighted by atomic mass is 16.8. The lowest BCUT2D eigenvalue weighted by Gasteiger charge is -2.52. The number of hydrogen-bond donors (Lipinski definition) is 22. The lowest BCUT2D eigenvalue weighted by atomic mass is 9.87. The Kier molecular flexibility index (Phi) is 34.0. The van der Waals surface area contributed by atoms with E-state index in [-0.39, 0.29) is 0 Å². The monoisotopic (exact) mass is 1410 g/mol. The standard InChI is InChI=1S/C60H104N4O33/c1-5-6-7-8-9-10-11-12-13-14-15-16-17-18-31(73)30(61)26-88-55-47(82)46(81)49(37(24-68)90-55)92-56-48(83)53(50(38(25-69)91-56)93-54-41(64-29(4)72)45(80)43(78)35(22-66)89-54)97-60(58(86)87)20-33(75)40(63-28(3)71)52(96-60)44(79)36(23-67)94-59(57(84)85)19-32(74)39(62-27(2)70)51(95-59)42(77)34(76)21-65/h17-18,30-56,65-69,73-83H,5-16,19-26,61H2,1-4H3,(H,62,70)(H,63,71)(H,64,72)(H,84,85)(H,86,87)/b18-17+/t30-,31+,32+,33+,34+,35?,36+,37?,38?,39+,40+,41?,42+,43-,44+,45?,46?,47?,48?,49+,50-,51?,52?,53?,54-,55+,56-,59+,60-/m0/s1. The number of allylic oxidation sites excluding steroid dienone is 1. The summed E-state index contributed by atoms with van der Waals surface area (Å²) in [5.41, 5.74) is 6.21. The van der Waals surface area contributed by atoms with Crippen LogP contribution in [0.15, 0.2) is 12.2 Å². The number of carboxylic acid groups (broad SMARTS) is 2. The van der Waals surface area contributed by atoms with Gasteiger partial charge in [-0.15, -0.1) is 0 Å². The maximum absolute atomic E-state index is 14.0. The molecule has 5 heterocycles. The predicted molar refractivity (Wildman–Crippen MR) is 324 cm³/mol. The summed E-state index contributed by atoms with van der Waals surface area (Å²) < 4.78 is 58.8. The summed E-state index contributed by atoms with van der Waals surface area (Å²) in [6.45, 7) is -1.57. The van der Waals surface area contributed by atoms with Gasteiger partial charge in [0.05, 0.1) is 76.1 Å². The van der Waals surface area contributed by atoms with Gasteiger partial charge in [-0.2, -0.15) is 0 Å². The van der Waals surface area contributed by atoms with Crippen LogP contribution in [0.5, 0.6) is 0 Å². The average Bonchev–Trinajstić information content (AvgIpc) is 0.753. The highest BCUT2D eigenvalue weighted by molar-refractivity contribution is 5.77. The van der Waals surface area contributed by atoms with Gasteiger partial charge in [-0.3, -0.25) is 14.4 Å². The molecule has 5 aliphatic rings. The molecule has 29 atom stereocenters. The number of nitrogens with one attached hydrogen (secondary N) is 3. The Morgan fingerprint density at radius 1 is 0.546 bits per heavy atom. The van der Waals surface area contributed by atoms with Crippen LogP contribution >= 0.6 is 0 Å². The van der Waals surface area contributed by atoms with Gasteiger partial charge in [-0.25, -0.2) is 9.59 Å². The Balaban J connectivity index is 1.46. The van der Waals surface area contributed by atoms with Crippen molar-refractivity contribution in [3.8, 4) is 0 Å². The van der Waals surface area contributed by atoms with Crippen molar-refractivity contribution in [2.24, 2.45) is 5.73 Å². The topological polar surface area (TPSA) is 604 Å². The second-order valence-corrected chi connectivity index (χ2v) is 25.2. The van der Waals surface area contributed by atoms with Crippen LogP contribution in [-0.4, -0.2) is 338 Å². The molecule has 0 aromatic rings. The fraction of sp³-hybridized carbons (Fsp3) is 0.883. The van der Waals surface area contributed by atoms with E-state index >= 15 is 0 Å². The van der Waals surface area contributed by atoms with Crippen LogP contribution in [0.1, 0.15) is 118 Å². The van der Waals surface area contributed by atoms with Crippen molar-refractivity contribution in [2.45, 2.75) is 294 Å². The maximum Gasteiger partial charge on any atom is 0.364 e. The summed E-state index contributed by atoms with van der Waals surface area (Å²) in [5, 5.41) is 206. The first-order chi connectivity index (χ1) is 45.9. The first-order valence-corrected chi connectivity index (χ1v) is 32.7. The van der Waals surface area contributed by atoms with Crippen molar-refractivity contribution in [1.29, 1.82) is 0 Å². The highest BCUT2D eigenvalue weighted by Gasteiger charge is 2.63. The molecular weight excluding hydrogens is 1300 g/mol. The summed E-state index contributed by atoms with van der Waals surface area (Å²) >= 11 is 0. The number of rotatable bonds is 39. The fourth-order valence-corrected chi connectivity index (χ4v) is 12.4. The third-order valence-corrected chi connectivity index (χ3v) is 17.7. The predicted octanol–water partition coefficient (Wildman–Crippen LogP) is -8.11. The van der Waals surface area contributed by atoms with E-state index in [1.54, 1.807) is 6.08 Å². The van der Waals surface area contributed by atoms with Crippen molar-refractivity contribution in [1.82, 2.24) is 16.0 Å². The normalized spacial score (nSPS) is 37.6. The Morgan fingerprint density at radius 3 is 1.54 bits per heavy atom. The molecule has 0 aromatic heterocycles. The largest absolute Gasteiger partial charge is 0.477 e. The molecule has 23 N–H and O–H groups in total. The molecule has 5 aliphatic heterocycles. The SMILES string of the molecule is CCCCCCCCCCCCC/C=C/[C@@H](O)[C@@H](N)CO[C@@H]1OC(CO)[C@@H](O[C@@H]2OC(CO)[C@H](O[C@@H]3OC(CO)[C@H](O)C(O)C3NC(C)=O)C(O[C@]3(C(=O)O)C[C@@H](O)[C@@H](NC(C)=O)C([C@H](O)[C@@H](CO)O[C@]4(C(=O)O)C[C@@H](O)[C@@H](NC(C)=O)C([C@H](O)[C@H](O)CO)O4)O3)C2O)C(O)C1O. The second-order valence-electron chi connectivity index (χ2n) is 25.2. The molecule has 3 amide bonds. The third kappa shape index (κ3) is 22.0. The van der Waals surface area contributed by atoms with Crippen molar-refractivity contribution in [3.63, 3.8) is 0 Å². The van der Waals surface area contributed by atoms with Gasteiger partial charge in [0.1, 0.15) is 110 Å². The molecule has 37 nitrogen and oxygen atoms in total. The second kappa shape index (κ2) is 39.4. The molecule has 0 aromatic carbocycles. The van der Waals surface area contributed by atoms with Gasteiger partial charge >= 0.3 is 11.9 Å². The number of carboxylic acids is 2. The van der Waals surface area contributed by atoms with E-state index in [0.29, 0.717) is 6.42 Å². The van der Waals surface area contributed by atoms with Crippen LogP contribution in [0, 0.1) is 0 Å². The number of aliphatic hydroxyl groups is 16. The van der Waals surface area contributed by atoms with Gasteiger partial charge in [-0.05, 0) is 12.8 Å². The number of aliphatic hydroxyl groups excluding tert-OH is 16. The van der Waals surface area contributed by atoms with Crippen LogP contribution in [0.4, 0.5) is 0 Å². The molecule has 0 bridgehead atoms. The first kappa shape index (κ1) is 83.7. The first-order valence-electron chi connectivity index (χ1n) is 32.7. The molecule has 562 valence electrons. The van der Waals surface area contributed by atoms with Gasteiger partial charge in [0.15, 0.2) is 18.9 Å². The van der Waals surface area contributed by atoms with E-state index < -0.39 is 259 Å². The Bertz CT molecular complexity index is 2450. The zero-order valence-electron chi connectivity index (χ0n) is 54.6. The maximum atomic E-state index is 14.0. The van der Waals surface area contributed by atoms with Gasteiger partial charge in [-0.1, -0.05) is 83.3 Å². The number of carbonyl (C=O) groups is 5. The number of unbranched alkanes of at least 4 members (excludes halogenated alkanes) is 11. The summed E-state index contributed by atoms with van der Waals surface area (Å²) in [7, 11) is 0. The molecule has 97 heavy (non-hydrogen) atoms. The van der Waals surface area contributed by atoms with Crippen LogP contribution in [0.2, 0.25) is 0 Å². The lowest BCUT2D eigenvalue weighted by Crippen LogP contribution is -2.72. The lowest BCUT2D eigenvalue weighted by molar-refractivity contribution is -0.402. The molecular formula is C60H104N4O33. The number of nitrogens with two attached hydrogens (primary N) is 1. The van der Waals surface area contributed by atoms with Gasteiger partial charge in [0, 0.05) is 33.6 Å². The summed E-state index contributed by atoms with van der Waals surface area (Å²) in [6, 6.07) is -6.72. The molecule has 0 saturated carbocycles. The van der Waals surface area contributed by atoms with Crippen molar-refractivity contribution >= 4 is 29.7 Å². The Hall–Kier alpha value is -3.99. The molecule has 5 fully saturated rings. The van der Waals surface area contributed by atoms with Crippen molar-refractivity contribution in [3.05, 3.63) is 12.2 Å². The minimum absolute atomic E-state index is 0.487. The molecule has 5 saturated heterocycles. The summed E-state index contributed by atoms with van der Waals surface area (Å²) in [4.78, 5) is 64.8. The average molecular weight is 1410 g/mol. The number of aliphatic carboxylic acids is 2. The molecule has 0 radical (unpaired) electrons.